The van der Waals surface area contributed by atoms with Crippen LogP contribution < -0.4 is 18.9 Å². The number of aliphatic hydroxyl groups excluding tert-OH is 2. The van der Waals surface area contributed by atoms with E-state index in [4.69, 9.17) is 29.2 Å². The molecule has 0 aromatic heterocycles. The van der Waals surface area contributed by atoms with Crippen LogP contribution in [0.4, 0.5) is 0 Å². The molecule has 3 aromatic carbocycles. The molecule has 0 aliphatic heterocycles. The molecule has 0 saturated heterocycles. The van der Waals surface area contributed by atoms with Crippen molar-refractivity contribution in [2.75, 3.05) is 39.6 Å². The van der Waals surface area contributed by atoms with Crippen molar-refractivity contribution in [3.8, 4) is 23.0 Å². The Kier molecular flexibility index (Phi) is 11.3. The smallest absolute Gasteiger partial charge is 0.161 e. The molecule has 0 aliphatic carbocycles. The summed E-state index contributed by atoms with van der Waals surface area (Å²) in [7, 11) is 0. The molecule has 0 radical (unpaired) electrons. The normalized spacial score (nSPS) is 9.80. The molecule has 3 rings (SSSR count). The van der Waals surface area contributed by atoms with Crippen LogP contribution in [0.5, 0.6) is 23.0 Å². The fourth-order valence-electron chi connectivity index (χ4n) is 2.34. The maximum atomic E-state index is 7.62. The first-order chi connectivity index (χ1) is 14.8. The maximum absolute atomic E-state index is 7.62. The quantitative estimate of drug-likeness (QED) is 0.469. The van der Waals surface area contributed by atoms with Gasteiger partial charge in [-0.25, -0.2) is 0 Å². The topological polar surface area (TPSA) is 77.4 Å². The molecule has 0 saturated carbocycles. The van der Waals surface area contributed by atoms with E-state index in [0.29, 0.717) is 37.9 Å². The molecule has 0 atom stereocenters. The second-order valence-corrected chi connectivity index (χ2v) is 5.91. The van der Waals surface area contributed by atoms with Crippen molar-refractivity contribution < 1.29 is 29.2 Å². The van der Waals surface area contributed by atoms with Crippen LogP contribution in [0.1, 0.15) is 0 Å². The van der Waals surface area contributed by atoms with Gasteiger partial charge in [0.1, 0.15) is 37.9 Å². The average molecular weight is 412 g/mol. The second kappa shape index (κ2) is 14.7. The third kappa shape index (κ3) is 9.32. The van der Waals surface area contributed by atoms with Gasteiger partial charge in [-0.3, -0.25) is 0 Å². The van der Waals surface area contributed by atoms with Crippen molar-refractivity contribution in [3.63, 3.8) is 0 Å². The van der Waals surface area contributed by atoms with Gasteiger partial charge in [0, 0.05) is 0 Å². The summed E-state index contributed by atoms with van der Waals surface area (Å²) in [5.41, 5.74) is 0. The number of benzene rings is 3. The van der Waals surface area contributed by atoms with Gasteiger partial charge in [0.25, 0.3) is 0 Å². The average Bonchev–Trinajstić information content (AvgIpc) is 2.82. The minimum absolute atomic E-state index is 0.125. The molecule has 160 valence electrons. The van der Waals surface area contributed by atoms with E-state index in [-0.39, 0.29) is 13.2 Å². The number of para-hydroxylation sites is 4. The molecule has 0 fully saturated rings. The van der Waals surface area contributed by atoms with Crippen molar-refractivity contribution in [1.82, 2.24) is 0 Å². The highest BCUT2D eigenvalue weighted by molar-refractivity contribution is 5.39. The lowest BCUT2D eigenvalue weighted by molar-refractivity contribution is 0.186. The Morgan fingerprint density at radius 3 is 1.13 bits per heavy atom. The Balaban J connectivity index is 0.000000735. The van der Waals surface area contributed by atoms with E-state index in [1.54, 1.807) is 0 Å². The lowest BCUT2D eigenvalue weighted by atomic mass is 10.3. The van der Waals surface area contributed by atoms with Crippen molar-refractivity contribution in [2.24, 2.45) is 0 Å². The van der Waals surface area contributed by atoms with E-state index in [0.717, 1.165) is 11.5 Å². The molecule has 0 bridgehead atoms. The summed E-state index contributed by atoms with van der Waals surface area (Å²) < 4.78 is 22.8. The zero-order valence-corrected chi connectivity index (χ0v) is 16.9. The number of aliphatic hydroxyl groups is 2. The Morgan fingerprint density at radius 1 is 0.433 bits per heavy atom. The summed E-state index contributed by atoms with van der Waals surface area (Å²) in [4.78, 5) is 0. The van der Waals surface area contributed by atoms with Gasteiger partial charge in [-0.1, -0.05) is 48.5 Å². The van der Waals surface area contributed by atoms with E-state index in [1.165, 1.54) is 0 Å². The van der Waals surface area contributed by atoms with Crippen LogP contribution in [0.2, 0.25) is 0 Å². The fraction of sp³-hybridized carbons (Fsp3) is 0.250. The minimum atomic E-state index is -0.125. The molecule has 0 heterocycles. The van der Waals surface area contributed by atoms with Crippen LogP contribution in [0.15, 0.2) is 84.9 Å². The molecule has 30 heavy (non-hydrogen) atoms. The van der Waals surface area contributed by atoms with E-state index < -0.39 is 0 Å². The van der Waals surface area contributed by atoms with Crippen LogP contribution in [-0.4, -0.2) is 49.9 Å². The first kappa shape index (κ1) is 23.1. The van der Waals surface area contributed by atoms with Crippen LogP contribution in [-0.2, 0) is 0 Å². The van der Waals surface area contributed by atoms with Crippen LogP contribution >= 0.6 is 0 Å². The predicted molar refractivity (Wildman–Crippen MR) is 115 cm³/mol. The monoisotopic (exact) mass is 412 g/mol. The summed E-state index contributed by atoms with van der Waals surface area (Å²) in [6.07, 6.45) is 0. The molecule has 0 spiro atoms. The first-order valence-corrected chi connectivity index (χ1v) is 9.75. The van der Waals surface area contributed by atoms with E-state index in [9.17, 15) is 0 Å². The Morgan fingerprint density at radius 2 is 0.767 bits per heavy atom. The van der Waals surface area contributed by atoms with E-state index >= 15 is 0 Å². The number of ether oxygens (including phenoxy) is 4. The largest absolute Gasteiger partial charge is 0.490 e. The highest BCUT2D eigenvalue weighted by Crippen LogP contribution is 2.26. The third-order valence-corrected chi connectivity index (χ3v) is 3.65. The van der Waals surface area contributed by atoms with Gasteiger partial charge >= 0.3 is 0 Å². The molecule has 0 unspecified atom stereocenters. The number of rotatable bonds is 11. The lowest BCUT2D eigenvalue weighted by Crippen LogP contribution is -2.12. The van der Waals surface area contributed by atoms with Crippen molar-refractivity contribution in [2.45, 2.75) is 0 Å². The highest BCUT2D eigenvalue weighted by atomic mass is 16.6. The highest BCUT2D eigenvalue weighted by Gasteiger charge is 2.04. The summed E-state index contributed by atoms with van der Waals surface area (Å²) >= 11 is 0. The summed E-state index contributed by atoms with van der Waals surface area (Å²) in [6, 6.07) is 27.0. The number of hydrogen-bond acceptors (Lipinski definition) is 6. The van der Waals surface area contributed by atoms with Crippen LogP contribution in [0, 0.1) is 0 Å². The Hall–Kier alpha value is -3.22. The third-order valence-electron chi connectivity index (χ3n) is 3.65. The zero-order chi connectivity index (χ0) is 21.3. The molecule has 3 aromatic rings. The van der Waals surface area contributed by atoms with E-state index in [2.05, 4.69) is 0 Å². The fourth-order valence-corrected chi connectivity index (χ4v) is 2.34. The molecule has 0 aliphatic rings. The second-order valence-electron chi connectivity index (χ2n) is 5.91. The molecule has 2 N–H and O–H groups in total. The number of hydrogen-bond donors (Lipinski definition) is 2. The molecular formula is C24H28O6. The minimum Gasteiger partial charge on any atom is -0.490 e. The summed E-state index contributed by atoms with van der Waals surface area (Å²) in [5.74, 6) is 3.06. The van der Waals surface area contributed by atoms with E-state index in [1.807, 2.05) is 84.9 Å². The van der Waals surface area contributed by atoms with Crippen molar-refractivity contribution >= 4 is 0 Å². The first-order valence-electron chi connectivity index (χ1n) is 9.75. The Bertz CT molecular complexity index is 727. The van der Waals surface area contributed by atoms with Gasteiger partial charge in [0.2, 0.25) is 0 Å². The van der Waals surface area contributed by atoms with Gasteiger partial charge in [0.05, 0.1) is 13.2 Å². The van der Waals surface area contributed by atoms with Crippen molar-refractivity contribution in [1.29, 1.82) is 0 Å². The van der Waals surface area contributed by atoms with Gasteiger partial charge < -0.3 is 29.2 Å². The summed E-state index contributed by atoms with van der Waals surface area (Å²) in [5, 5.41) is 15.2. The lowest BCUT2D eigenvalue weighted by Gasteiger charge is -2.13. The Labute approximate surface area is 177 Å². The van der Waals surface area contributed by atoms with Gasteiger partial charge in [0.15, 0.2) is 11.5 Å². The summed E-state index contributed by atoms with van der Waals surface area (Å²) in [6.45, 7) is 1.57. The molecule has 0 amide bonds. The van der Waals surface area contributed by atoms with Crippen LogP contribution in [0.3, 0.4) is 0 Å². The maximum Gasteiger partial charge on any atom is 0.161 e. The van der Waals surface area contributed by atoms with Gasteiger partial charge in [-0.15, -0.1) is 0 Å². The molecule has 6 heteroatoms. The standard InChI is InChI=1S/C22H22O4.C2H6O2/c1-3-9-19(10-4-1)23-15-17-25-21-13-7-8-14-22(21)26-18-16-24-20-11-5-2-6-12-20;3-1-2-4/h1-14H,15-18H2;3-4H,1-2H2. The molecule has 6 nitrogen and oxygen atoms in total. The molecular weight excluding hydrogens is 384 g/mol. The van der Waals surface area contributed by atoms with Gasteiger partial charge in [-0.2, -0.15) is 0 Å². The SMILES string of the molecule is OCCO.c1ccc(OCCOc2ccccc2OCCOc2ccccc2)cc1. The van der Waals surface area contributed by atoms with Crippen molar-refractivity contribution in [3.05, 3.63) is 84.9 Å². The predicted octanol–water partition coefficient (Wildman–Crippen LogP) is 3.57. The van der Waals surface area contributed by atoms with Crippen LogP contribution in [0.25, 0.3) is 0 Å². The zero-order valence-electron chi connectivity index (χ0n) is 16.9. The van der Waals surface area contributed by atoms with Gasteiger partial charge in [-0.05, 0) is 36.4 Å².